The SMILES string of the molecule is FC(F)(F)c1cccc(-n2nc(C3CCCC3)c3c2NCC3)c1. The third-order valence-corrected chi connectivity index (χ3v) is 4.84. The maximum absolute atomic E-state index is 13.0. The number of benzene rings is 1. The second-order valence-corrected chi connectivity index (χ2v) is 6.33. The lowest BCUT2D eigenvalue weighted by molar-refractivity contribution is -0.137. The van der Waals surface area contributed by atoms with Gasteiger partial charge in [0.05, 0.1) is 16.9 Å². The minimum absolute atomic E-state index is 0.454. The number of nitrogens with zero attached hydrogens (tertiary/aromatic N) is 2. The molecule has 1 fully saturated rings. The maximum atomic E-state index is 13.0. The molecule has 4 rings (SSSR count). The molecule has 122 valence electrons. The van der Waals surface area contributed by atoms with Crippen molar-refractivity contribution in [1.29, 1.82) is 0 Å². The van der Waals surface area contributed by atoms with Crippen LogP contribution in [0.1, 0.15) is 48.4 Å². The van der Waals surface area contributed by atoms with Crippen molar-refractivity contribution in [1.82, 2.24) is 9.78 Å². The molecule has 0 amide bonds. The van der Waals surface area contributed by atoms with E-state index in [0.717, 1.165) is 43.4 Å². The summed E-state index contributed by atoms with van der Waals surface area (Å²) in [6.45, 7) is 0.825. The van der Waals surface area contributed by atoms with Gasteiger partial charge in [0, 0.05) is 18.0 Å². The fraction of sp³-hybridized carbons (Fsp3) is 0.471. The van der Waals surface area contributed by atoms with E-state index in [4.69, 9.17) is 5.10 Å². The summed E-state index contributed by atoms with van der Waals surface area (Å²) in [5.41, 5.74) is 2.10. The van der Waals surface area contributed by atoms with Gasteiger partial charge in [0.2, 0.25) is 0 Å². The molecule has 1 aromatic carbocycles. The van der Waals surface area contributed by atoms with E-state index in [2.05, 4.69) is 5.32 Å². The van der Waals surface area contributed by atoms with Gasteiger partial charge in [-0.05, 0) is 37.5 Å². The summed E-state index contributed by atoms with van der Waals surface area (Å²) in [5.74, 6) is 1.32. The minimum atomic E-state index is -4.34. The number of nitrogens with one attached hydrogen (secondary N) is 1. The molecule has 1 saturated carbocycles. The molecule has 0 atom stereocenters. The van der Waals surface area contributed by atoms with E-state index in [1.165, 1.54) is 30.5 Å². The van der Waals surface area contributed by atoms with Gasteiger partial charge in [-0.15, -0.1) is 0 Å². The Morgan fingerprint density at radius 2 is 1.96 bits per heavy atom. The molecule has 1 aliphatic heterocycles. The van der Waals surface area contributed by atoms with E-state index in [1.807, 2.05) is 0 Å². The van der Waals surface area contributed by atoms with Gasteiger partial charge in [-0.2, -0.15) is 18.3 Å². The van der Waals surface area contributed by atoms with Crippen LogP contribution in [0.2, 0.25) is 0 Å². The summed E-state index contributed by atoms with van der Waals surface area (Å²) in [5, 5.41) is 7.98. The first-order valence-electron chi connectivity index (χ1n) is 8.07. The Morgan fingerprint density at radius 3 is 2.70 bits per heavy atom. The summed E-state index contributed by atoms with van der Waals surface area (Å²) in [6.07, 6.45) is 1.25. The molecule has 0 bridgehead atoms. The molecule has 3 nitrogen and oxygen atoms in total. The molecule has 0 radical (unpaired) electrons. The summed E-state index contributed by atoms with van der Waals surface area (Å²) >= 11 is 0. The van der Waals surface area contributed by atoms with Crippen LogP contribution in [0.25, 0.3) is 5.69 Å². The van der Waals surface area contributed by atoms with Crippen LogP contribution in [0.3, 0.4) is 0 Å². The van der Waals surface area contributed by atoms with Gasteiger partial charge in [-0.25, -0.2) is 4.68 Å². The van der Waals surface area contributed by atoms with E-state index in [9.17, 15) is 13.2 Å². The van der Waals surface area contributed by atoms with Gasteiger partial charge in [0.25, 0.3) is 0 Å². The van der Waals surface area contributed by atoms with Gasteiger partial charge in [0.1, 0.15) is 5.82 Å². The van der Waals surface area contributed by atoms with E-state index < -0.39 is 11.7 Å². The topological polar surface area (TPSA) is 29.9 Å². The van der Waals surface area contributed by atoms with Crippen molar-refractivity contribution in [2.45, 2.75) is 44.2 Å². The van der Waals surface area contributed by atoms with Crippen LogP contribution in [-0.4, -0.2) is 16.3 Å². The Bertz CT molecular complexity index is 727. The first-order valence-corrected chi connectivity index (χ1v) is 8.07. The first kappa shape index (κ1) is 14.6. The minimum Gasteiger partial charge on any atom is -0.369 e. The number of hydrogen-bond acceptors (Lipinski definition) is 2. The molecular weight excluding hydrogens is 303 g/mol. The van der Waals surface area contributed by atoms with Crippen LogP contribution >= 0.6 is 0 Å². The zero-order valence-electron chi connectivity index (χ0n) is 12.7. The highest BCUT2D eigenvalue weighted by Crippen LogP contribution is 2.40. The van der Waals surface area contributed by atoms with Gasteiger partial charge in [-0.1, -0.05) is 18.9 Å². The van der Waals surface area contributed by atoms with Crippen molar-refractivity contribution >= 4 is 5.82 Å². The summed E-state index contributed by atoms with van der Waals surface area (Å²) < 4.78 is 40.5. The Morgan fingerprint density at radius 1 is 1.17 bits per heavy atom. The molecule has 1 aromatic heterocycles. The first-order chi connectivity index (χ1) is 11.0. The zero-order valence-corrected chi connectivity index (χ0v) is 12.7. The smallest absolute Gasteiger partial charge is 0.369 e. The Labute approximate surface area is 132 Å². The van der Waals surface area contributed by atoms with Crippen LogP contribution < -0.4 is 5.32 Å². The third kappa shape index (κ3) is 2.50. The van der Waals surface area contributed by atoms with Crippen molar-refractivity contribution in [3.8, 4) is 5.69 Å². The number of aromatic nitrogens is 2. The molecule has 6 heteroatoms. The zero-order chi connectivity index (χ0) is 16.0. The van der Waals surface area contributed by atoms with E-state index in [0.29, 0.717) is 11.6 Å². The molecule has 0 spiro atoms. The molecule has 2 heterocycles. The molecule has 1 aliphatic carbocycles. The van der Waals surface area contributed by atoms with Crippen molar-refractivity contribution in [3.63, 3.8) is 0 Å². The quantitative estimate of drug-likeness (QED) is 0.881. The standard InChI is InChI=1S/C17H18F3N3/c18-17(19,20)12-6-3-7-13(10-12)23-16-14(8-9-21-16)15(22-23)11-4-1-2-5-11/h3,6-7,10-11,21H,1-2,4-5,8-9H2. The fourth-order valence-corrected chi connectivity index (χ4v) is 3.73. The third-order valence-electron chi connectivity index (χ3n) is 4.84. The normalized spacial score (nSPS) is 18.2. The lowest BCUT2D eigenvalue weighted by Gasteiger charge is -2.11. The molecule has 0 saturated heterocycles. The van der Waals surface area contributed by atoms with Crippen LogP contribution in [0, 0.1) is 0 Å². The Hall–Kier alpha value is -1.98. The number of halogens is 3. The van der Waals surface area contributed by atoms with Crippen LogP contribution in [-0.2, 0) is 12.6 Å². The molecule has 23 heavy (non-hydrogen) atoms. The molecular formula is C17H18F3N3. The highest BCUT2D eigenvalue weighted by atomic mass is 19.4. The number of rotatable bonds is 2. The predicted octanol–water partition coefficient (Wildman–Crippen LogP) is 4.52. The lowest BCUT2D eigenvalue weighted by Crippen LogP contribution is -2.09. The average molecular weight is 321 g/mol. The number of anilines is 1. The maximum Gasteiger partial charge on any atom is 0.416 e. The van der Waals surface area contributed by atoms with E-state index >= 15 is 0 Å². The van der Waals surface area contributed by atoms with Gasteiger partial charge >= 0.3 is 6.18 Å². The van der Waals surface area contributed by atoms with Crippen LogP contribution in [0.4, 0.5) is 19.0 Å². The Balaban J connectivity index is 1.79. The number of fused-ring (bicyclic) bond motifs is 1. The highest BCUT2D eigenvalue weighted by Gasteiger charge is 2.32. The summed E-state index contributed by atoms with van der Waals surface area (Å²) in [6, 6.07) is 5.39. The lowest BCUT2D eigenvalue weighted by atomic mass is 9.99. The second-order valence-electron chi connectivity index (χ2n) is 6.33. The summed E-state index contributed by atoms with van der Waals surface area (Å²) in [7, 11) is 0. The van der Waals surface area contributed by atoms with Crippen LogP contribution in [0.5, 0.6) is 0 Å². The number of alkyl halides is 3. The highest BCUT2D eigenvalue weighted by molar-refractivity contribution is 5.58. The van der Waals surface area contributed by atoms with E-state index in [-0.39, 0.29) is 0 Å². The van der Waals surface area contributed by atoms with Crippen LogP contribution in [0.15, 0.2) is 24.3 Å². The largest absolute Gasteiger partial charge is 0.416 e. The average Bonchev–Trinajstić information content (AvgIpc) is 3.23. The van der Waals surface area contributed by atoms with Gasteiger partial charge in [0.15, 0.2) is 0 Å². The molecule has 0 unspecified atom stereocenters. The van der Waals surface area contributed by atoms with Gasteiger partial charge < -0.3 is 5.32 Å². The molecule has 2 aliphatic rings. The fourth-order valence-electron chi connectivity index (χ4n) is 3.73. The molecule has 2 aromatic rings. The monoisotopic (exact) mass is 321 g/mol. The summed E-state index contributed by atoms with van der Waals surface area (Å²) in [4.78, 5) is 0. The van der Waals surface area contributed by atoms with Gasteiger partial charge in [-0.3, -0.25) is 0 Å². The van der Waals surface area contributed by atoms with Crippen molar-refractivity contribution < 1.29 is 13.2 Å². The molecule has 1 N–H and O–H groups in total. The van der Waals surface area contributed by atoms with Crippen molar-refractivity contribution in [2.75, 3.05) is 11.9 Å². The van der Waals surface area contributed by atoms with Crippen molar-refractivity contribution in [2.24, 2.45) is 0 Å². The Kier molecular flexibility index (Phi) is 3.36. The van der Waals surface area contributed by atoms with E-state index in [1.54, 1.807) is 10.7 Å². The predicted molar refractivity (Wildman–Crippen MR) is 82.0 cm³/mol. The number of hydrogen-bond donors (Lipinski definition) is 1. The second kappa shape index (κ2) is 5.28. The van der Waals surface area contributed by atoms with Crippen molar-refractivity contribution in [3.05, 3.63) is 41.1 Å².